The molecule has 0 bridgehead atoms. The third-order valence-corrected chi connectivity index (χ3v) is 9.66. The number of phosphoric acid groups is 1. The quantitative estimate of drug-likeness (QED) is 0.131. The number of ether oxygens (including phenoxy) is 2. The maximum absolute atomic E-state index is 14.0. The average Bonchev–Trinajstić information content (AvgIpc) is 3.55. The van der Waals surface area contributed by atoms with Gasteiger partial charge in [0.25, 0.3) is 0 Å². The highest BCUT2D eigenvalue weighted by Gasteiger charge is 2.28. The summed E-state index contributed by atoms with van der Waals surface area (Å²) in [6, 6.07) is 16.0. The molecule has 0 unspecified atom stereocenters. The van der Waals surface area contributed by atoms with Crippen LogP contribution in [0, 0.1) is 26.7 Å². The van der Waals surface area contributed by atoms with Crippen molar-refractivity contribution in [2.45, 2.75) is 52.6 Å². The Morgan fingerprint density at radius 3 is 2.30 bits per heavy atom. The summed E-state index contributed by atoms with van der Waals surface area (Å²) in [7, 11) is -4.74. The summed E-state index contributed by atoms with van der Waals surface area (Å²) < 4.78 is 29.5. The van der Waals surface area contributed by atoms with Crippen LogP contribution >= 0.6 is 19.2 Å². The molecule has 6 rings (SSSR count). The summed E-state index contributed by atoms with van der Waals surface area (Å²) in [5, 5.41) is 0.645. The molecule has 2 N–H and O–H groups in total. The van der Waals surface area contributed by atoms with Crippen molar-refractivity contribution < 1.29 is 33.1 Å². The number of rotatable bonds is 11. The molecule has 226 valence electrons. The summed E-state index contributed by atoms with van der Waals surface area (Å²) in [5.41, 5.74) is 3.43. The Labute approximate surface area is 255 Å². The van der Waals surface area contributed by atoms with Gasteiger partial charge in [0.1, 0.15) is 28.2 Å². The number of carbonyl (C=O) groups is 1. The van der Waals surface area contributed by atoms with E-state index in [4.69, 9.17) is 14.0 Å². The van der Waals surface area contributed by atoms with Crippen molar-refractivity contribution in [1.29, 1.82) is 0 Å². The number of ketones is 1. The maximum Gasteiger partial charge on any atom is 0.524 e. The smallest absolute Gasteiger partial charge is 0.489 e. The molecular formula is C33H36NO7PS. The molecule has 2 fully saturated rings. The molecule has 8 nitrogen and oxygen atoms in total. The molecule has 1 aliphatic heterocycles. The second kappa shape index (κ2) is 12.1. The monoisotopic (exact) mass is 621 g/mol. The molecule has 0 spiro atoms. The summed E-state index contributed by atoms with van der Waals surface area (Å²) >= 11 is 1.21. The number of thiophene rings is 1. The summed E-state index contributed by atoms with van der Waals surface area (Å²) in [6.45, 7) is 9.01. The van der Waals surface area contributed by atoms with E-state index in [2.05, 4.69) is 4.90 Å². The van der Waals surface area contributed by atoms with Crippen LogP contribution in [0.15, 0.2) is 54.6 Å². The minimum absolute atomic E-state index is 0.00912. The molecular weight excluding hydrogens is 585 g/mol. The molecule has 4 aromatic rings. The number of fused-ring (bicyclic) bond motifs is 1. The Kier molecular flexibility index (Phi) is 8.37. The van der Waals surface area contributed by atoms with Gasteiger partial charge in [0.2, 0.25) is 5.78 Å². The Balaban J connectivity index is 1.25. The van der Waals surface area contributed by atoms with Crippen molar-refractivity contribution in [3.05, 3.63) is 81.7 Å². The van der Waals surface area contributed by atoms with E-state index in [0.717, 1.165) is 54.4 Å². The normalized spacial score (nSPS) is 17.4. The molecule has 1 atom stereocenters. The van der Waals surface area contributed by atoms with Crippen LogP contribution in [0.25, 0.3) is 10.1 Å². The van der Waals surface area contributed by atoms with E-state index in [0.29, 0.717) is 32.0 Å². The van der Waals surface area contributed by atoms with Gasteiger partial charge < -0.3 is 14.0 Å². The fraction of sp³-hybridized carbons (Fsp3) is 0.364. The van der Waals surface area contributed by atoms with E-state index < -0.39 is 7.82 Å². The fourth-order valence-corrected chi connectivity index (χ4v) is 7.41. The van der Waals surface area contributed by atoms with Gasteiger partial charge in [0.15, 0.2) is 5.75 Å². The number of nitrogens with zero attached hydrogens (tertiary/aromatic N) is 1. The molecule has 2 heterocycles. The van der Waals surface area contributed by atoms with Gasteiger partial charge >= 0.3 is 7.82 Å². The van der Waals surface area contributed by atoms with Gasteiger partial charge in [-0.15, -0.1) is 11.3 Å². The molecule has 2 aliphatic rings. The SMILES string of the molecule is Cc1cc(C)c(C(=O)c2sc3cc(OP(=O)(O)O)ccc3c2Oc2ccc(O[C@H]3CCN(CCC4CC4)C3)cc2)c(C)c1. The molecule has 1 saturated carbocycles. The van der Waals surface area contributed by atoms with Crippen LogP contribution in [0.3, 0.4) is 0 Å². The van der Waals surface area contributed by atoms with Crippen LogP contribution in [0.4, 0.5) is 0 Å². The zero-order valence-electron chi connectivity index (χ0n) is 24.5. The van der Waals surface area contributed by atoms with Crippen molar-refractivity contribution in [3.8, 4) is 23.0 Å². The number of hydrogen-bond donors (Lipinski definition) is 2. The van der Waals surface area contributed by atoms with E-state index in [-0.39, 0.29) is 17.6 Å². The Morgan fingerprint density at radius 1 is 0.953 bits per heavy atom. The molecule has 1 aliphatic carbocycles. The van der Waals surface area contributed by atoms with Crippen LogP contribution < -0.4 is 14.0 Å². The zero-order valence-corrected chi connectivity index (χ0v) is 26.2. The minimum Gasteiger partial charge on any atom is -0.489 e. The molecule has 10 heteroatoms. The first-order valence-corrected chi connectivity index (χ1v) is 17.0. The first-order valence-electron chi connectivity index (χ1n) is 14.6. The first kappa shape index (κ1) is 29.9. The van der Waals surface area contributed by atoms with E-state index >= 15 is 0 Å². The lowest BCUT2D eigenvalue weighted by Gasteiger charge is -2.17. The van der Waals surface area contributed by atoms with Crippen molar-refractivity contribution in [3.63, 3.8) is 0 Å². The molecule has 43 heavy (non-hydrogen) atoms. The lowest BCUT2D eigenvalue weighted by atomic mass is 9.95. The van der Waals surface area contributed by atoms with E-state index in [1.54, 1.807) is 6.07 Å². The number of phosphoric ester groups is 1. The van der Waals surface area contributed by atoms with Crippen LogP contribution in [-0.2, 0) is 4.57 Å². The first-order chi connectivity index (χ1) is 20.5. The topological polar surface area (TPSA) is 106 Å². The molecule has 0 amide bonds. The number of aryl methyl sites for hydroxylation is 3. The van der Waals surface area contributed by atoms with E-state index in [1.807, 2.05) is 57.2 Å². The van der Waals surface area contributed by atoms with Gasteiger partial charge in [0, 0.05) is 28.7 Å². The maximum atomic E-state index is 14.0. The van der Waals surface area contributed by atoms with Crippen molar-refractivity contribution in [2.24, 2.45) is 5.92 Å². The van der Waals surface area contributed by atoms with Gasteiger partial charge in [0.05, 0.1) is 0 Å². The number of carbonyl (C=O) groups excluding carboxylic acids is 1. The van der Waals surface area contributed by atoms with Crippen LogP contribution in [0.5, 0.6) is 23.0 Å². The summed E-state index contributed by atoms with van der Waals surface area (Å²) in [6.07, 6.45) is 5.25. The van der Waals surface area contributed by atoms with Crippen molar-refractivity contribution in [1.82, 2.24) is 4.90 Å². The Hall–Kier alpha value is -3.20. The average molecular weight is 622 g/mol. The van der Waals surface area contributed by atoms with Crippen molar-refractivity contribution in [2.75, 3.05) is 19.6 Å². The standard InChI is InChI=1S/C33H36NO7PS/c1-20-16-21(2)30(22(3)17-20)31(35)33-32(28-11-10-26(18-29(28)43-33)41-42(36,37)38)40-25-8-6-24(7-9-25)39-27-13-15-34(19-27)14-12-23-4-5-23/h6-11,16-18,23,27H,4-5,12-15,19H2,1-3H3,(H2,36,37,38)/t27-/m0/s1. The third-order valence-electron chi connectivity index (χ3n) is 8.08. The van der Waals surface area contributed by atoms with Crippen LogP contribution in [0.1, 0.15) is 57.6 Å². The minimum atomic E-state index is -4.74. The molecule has 1 aromatic heterocycles. The predicted molar refractivity (Wildman–Crippen MR) is 168 cm³/mol. The van der Waals surface area contributed by atoms with Crippen LogP contribution in [-0.4, -0.2) is 46.2 Å². The largest absolute Gasteiger partial charge is 0.524 e. The van der Waals surface area contributed by atoms with Gasteiger partial charge in [-0.3, -0.25) is 19.5 Å². The second-order valence-electron chi connectivity index (χ2n) is 11.7. The highest BCUT2D eigenvalue weighted by Crippen LogP contribution is 2.45. The van der Waals surface area contributed by atoms with Crippen LogP contribution in [0.2, 0.25) is 0 Å². The summed E-state index contributed by atoms with van der Waals surface area (Å²) in [5.74, 6) is 2.49. The van der Waals surface area contributed by atoms with Crippen molar-refractivity contribution >= 4 is 35.0 Å². The second-order valence-corrected chi connectivity index (χ2v) is 14.0. The van der Waals surface area contributed by atoms with E-state index in [1.165, 1.54) is 42.7 Å². The highest BCUT2D eigenvalue weighted by molar-refractivity contribution is 7.46. The number of benzene rings is 3. The molecule has 1 saturated heterocycles. The highest BCUT2D eigenvalue weighted by atomic mass is 32.1. The summed E-state index contributed by atoms with van der Waals surface area (Å²) in [4.78, 5) is 35.5. The Morgan fingerprint density at radius 2 is 1.63 bits per heavy atom. The fourth-order valence-electron chi connectivity index (χ4n) is 5.91. The lowest BCUT2D eigenvalue weighted by Crippen LogP contribution is -2.26. The number of hydrogen-bond acceptors (Lipinski definition) is 7. The van der Waals surface area contributed by atoms with E-state index in [9.17, 15) is 19.1 Å². The Bertz CT molecular complexity index is 1680. The van der Waals surface area contributed by atoms with Gasteiger partial charge in [-0.05, 0) is 99.7 Å². The lowest BCUT2D eigenvalue weighted by molar-refractivity contribution is 0.103. The van der Waals surface area contributed by atoms with Gasteiger partial charge in [-0.2, -0.15) is 0 Å². The van der Waals surface area contributed by atoms with Gasteiger partial charge in [-0.25, -0.2) is 4.57 Å². The number of likely N-dealkylation sites (tertiary alicyclic amines) is 1. The molecule has 3 aromatic carbocycles. The predicted octanol–water partition coefficient (Wildman–Crippen LogP) is 7.57. The van der Waals surface area contributed by atoms with Gasteiger partial charge in [-0.1, -0.05) is 30.5 Å². The zero-order chi connectivity index (χ0) is 30.3. The molecule has 0 radical (unpaired) electrons. The third kappa shape index (κ3) is 7.14.